The lowest BCUT2D eigenvalue weighted by molar-refractivity contribution is -0.143. The van der Waals surface area contributed by atoms with Crippen LogP contribution in [0.15, 0.2) is 6.07 Å². The second kappa shape index (κ2) is 4.80. The van der Waals surface area contributed by atoms with Gasteiger partial charge in [0, 0.05) is 30.8 Å². The van der Waals surface area contributed by atoms with E-state index in [1.54, 1.807) is 20.1 Å². The van der Waals surface area contributed by atoms with Crippen LogP contribution in [0.1, 0.15) is 12.6 Å². The van der Waals surface area contributed by atoms with Gasteiger partial charge in [0.25, 0.3) is 0 Å². The lowest BCUT2D eigenvalue weighted by Crippen LogP contribution is -2.51. The van der Waals surface area contributed by atoms with Crippen LogP contribution in [-0.4, -0.2) is 41.2 Å². The van der Waals surface area contributed by atoms with Crippen molar-refractivity contribution < 1.29 is 14.6 Å². The summed E-state index contributed by atoms with van der Waals surface area (Å²) < 4.78 is 5.10. The summed E-state index contributed by atoms with van der Waals surface area (Å²) in [5.41, 5.74) is 0.839. The molecule has 1 aliphatic rings. The monoisotopic (exact) mass is 251 g/mol. The van der Waals surface area contributed by atoms with Crippen molar-refractivity contribution in [3.8, 4) is 5.88 Å². The number of aryl methyl sites for hydroxylation is 1. The third kappa shape index (κ3) is 2.37. The Hall–Kier alpha value is -1.85. The van der Waals surface area contributed by atoms with Gasteiger partial charge < -0.3 is 14.7 Å². The lowest BCUT2D eigenvalue weighted by atomic mass is 9.87. The fourth-order valence-corrected chi connectivity index (χ4v) is 1.96. The SMILES string of the molecule is COc1cc(C)nc(N2CC(C(C)C(=O)O)C2)n1. The molecule has 2 heterocycles. The van der Waals surface area contributed by atoms with Crippen molar-refractivity contribution in [1.29, 1.82) is 0 Å². The zero-order valence-electron chi connectivity index (χ0n) is 10.8. The van der Waals surface area contributed by atoms with E-state index in [4.69, 9.17) is 9.84 Å². The van der Waals surface area contributed by atoms with Gasteiger partial charge in [0.1, 0.15) is 0 Å². The number of methoxy groups -OCH3 is 1. The Morgan fingerprint density at radius 3 is 2.78 bits per heavy atom. The number of rotatable bonds is 4. The topological polar surface area (TPSA) is 75.5 Å². The van der Waals surface area contributed by atoms with Crippen LogP contribution >= 0.6 is 0 Å². The van der Waals surface area contributed by atoms with Crippen molar-refractivity contribution >= 4 is 11.9 Å². The van der Waals surface area contributed by atoms with Gasteiger partial charge in [-0.1, -0.05) is 6.92 Å². The minimum Gasteiger partial charge on any atom is -0.481 e. The summed E-state index contributed by atoms with van der Waals surface area (Å²) in [7, 11) is 1.57. The highest BCUT2D eigenvalue weighted by molar-refractivity contribution is 5.70. The van der Waals surface area contributed by atoms with Crippen molar-refractivity contribution in [3.63, 3.8) is 0 Å². The number of hydrogen-bond donors (Lipinski definition) is 1. The number of hydrogen-bond acceptors (Lipinski definition) is 5. The summed E-state index contributed by atoms with van der Waals surface area (Å²) in [5, 5.41) is 8.93. The van der Waals surface area contributed by atoms with Gasteiger partial charge in [-0.3, -0.25) is 4.79 Å². The number of nitrogens with zero attached hydrogens (tertiary/aromatic N) is 3. The molecule has 1 aromatic rings. The standard InChI is InChI=1S/C12H17N3O3/c1-7-4-10(18-3)14-12(13-7)15-5-9(6-15)8(2)11(16)17/h4,8-9H,5-6H2,1-3H3,(H,16,17). The number of ether oxygens (including phenoxy) is 1. The number of carbonyl (C=O) groups is 1. The fourth-order valence-electron chi connectivity index (χ4n) is 1.96. The van der Waals surface area contributed by atoms with Gasteiger partial charge in [-0.15, -0.1) is 0 Å². The first-order chi connectivity index (χ1) is 8.51. The molecular formula is C12H17N3O3. The molecule has 1 atom stereocenters. The Balaban J connectivity index is 2.04. The highest BCUT2D eigenvalue weighted by Crippen LogP contribution is 2.28. The largest absolute Gasteiger partial charge is 0.481 e. The molecule has 0 bridgehead atoms. The van der Waals surface area contributed by atoms with Gasteiger partial charge >= 0.3 is 5.97 Å². The molecule has 1 saturated heterocycles. The first-order valence-corrected chi connectivity index (χ1v) is 5.88. The maximum atomic E-state index is 10.9. The normalized spacial score (nSPS) is 17.2. The summed E-state index contributed by atoms with van der Waals surface area (Å²) in [6.07, 6.45) is 0. The van der Waals surface area contributed by atoms with E-state index in [0.29, 0.717) is 24.9 Å². The molecule has 98 valence electrons. The van der Waals surface area contributed by atoms with Crippen LogP contribution in [0.25, 0.3) is 0 Å². The van der Waals surface area contributed by atoms with Crippen molar-refractivity contribution in [2.24, 2.45) is 11.8 Å². The molecule has 1 fully saturated rings. The molecule has 0 aromatic carbocycles. The van der Waals surface area contributed by atoms with E-state index in [1.165, 1.54) is 0 Å². The van der Waals surface area contributed by atoms with Crippen molar-refractivity contribution in [2.45, 2.75) is 13.8 Å². The number of carboxylic acid groups (broad SMARTS) is 1. The van der Waals surface area contributed by atoms with Crippen LogP contribution in [-0.2, 0) is 4.79 Å². The molecule has 1 aromatic heterocycles. The third-order valence-electron chi connectivity index (χ3n) is 3.32. The van der Waals surface area contributed by atoms with Crippen molar-refractivity contribution in [2.75, 3.05) is 25.1 Å². The Labute approximate surface area is 106 Å². The summed E-state index contributed by atoms with van der Waals surface area (Å²) in [5.74, 6) is 0.237. The van der Waals surface area contributed by atoms with Crippen LogP contribution in [0.5, 0.6) is 5.88 Å². The Morgan fingerprint density at radius 1 is 1.56 bits per heavy atom. The molecule has 1 N–H and O–H groups in total. The molecule has 0 aliphatic carbocycles. The highest BCUT2D eigenvalue weighted by Gasteiger charge is 2.36. The number of anilines is 1. The van der Waals surface area contributed by atoms with E-state index >= 15 is 0 Å². The molecule has 0 saturated carbocycles. The van der Waals surface area contributed by atoms with E-state index in [0.717, 1.165) is 5.69 Å². The number of carboxylic acids is 1. The third-order valence-corrected chi connectivity index (χ3v) is 3.32. The highest BCUT2D eigenvalue weighted by atomic mass is 16.5. The zero-order chi connectivity index (χ0) is 13.3. The average molecular weight is 251 g/mol. The molecule has 0 amide bonds. The Morgan fingerprint density at radius 2 is 2.22 bits per heavy atom. The predicted octanol–water partition coefficient (Wildman–Crippen LogP) is 0.951. The van der Waals surface area contributed by atoms with Gasteiger partial charge in [0.05, 0.1) is 13.0 Å². The molecular weight excluding hydrogens is 234 g/mol. The second-order valence-electron chi connectivity index (χ2n) is 4.64. The average Bonchev–Trinajstić information content (AvgIpc) is 2.25. The maximum absolute atomic E-state index is 10.9. The summed E-state index contributed by atoms with van der Waals surface area (Å²) >= 11 is 0. The summed E-state index contributed by atoms with van der Waals surface area (Å²) in [4.78, 5) is 21.4. The molecule has 6 nitrogen and oxygen atoms in total. The number of aliphatic carboxylic acids is 1. The van der Waals surface area contributed by atoms with Crippen LogP contribution in [0.4, 0.5) is 5.95 Å². The van der Waals surface area contributed by atoms with Crippen molar-refractivity contribution in [3.05, 3.63) is 11.8 Å². The van der Waals surface area contributed by atoms with E-state index < -0.39 is 5.97 Å². The summed E-state index contributed by atoms with van der Waals surface area (Å²) in [6.45, 7) is 4.98. The molecule has 0 radical (unpaired) electrons. The lowest BCUT2D eigenvalue weighted by Gasteiger charge is -2.41. The molecule has 1 aliphatic heterocycles. The fraction of sp³-hybridized carbons (Fsp3) is 0.583. The van der Waals surface area contributed by atoms with E-state index in [1.807, 2.05) is 11.8 Å². The molecule has 18 heavy (non-hydrogen) atoms. The quantitative estimate of drug-likeness (QED) is 0.858. The van der Waals surface area contributed by atoms with Crippen molar-refractivity contribution in [1.82, 2.24) is 9.97 Å². The second-order valence-corrected chi connectivity index (χ2v) is 4.64. The minimum atomic E-state index is -0.748. The van der Waals surface area contributed by atoms with E-state index in [-0.39, 0.29) is 11.8 Å². The predicted molar refractivity (Wildman–Crippen MR) is 65.8 cm³/mol. The minimum absolute atomic E-state index is 0.164. The molecule has 2 rings (SSSR count). The molecule has 0 spiro atoms. The first kappa shape index (κ1) is 12.6. The van der Waals surface area contributed by atoms with E-state index in [9.17, 15) is 4.79 Å². The zero-order valence-corrected chi connectivity index (χ0v) is 10.8. The van der Waals surface area contributed by atoms with Gasteiger partial charge in [0.15, 0.2) is 0 Å². The Bertz CT molecular complexity index is 458. The summed E-state index contributed by atoms with van der Waals surface area (Å²) in [6, 6.07) is 1.76. The van der Waals surface area contributed by atoms with Gasteiger partial charge in [0.2, 0.25) is 11.8 Å². The van der Waals surface area contributed by atoms with Gasteiger partial charge in [-0.25, -0.2) is 4.98 Å². The molecule has 1 unspecified atom stereocenters. The number of aromatic nitrogens is 2. The van der Waals surface area contributed by atoms with Crippen LogP contribution in [0, 0.1) is 18.8 Å². The van der Waals surface area contributed by atoms with Gasteiger partial charge in [-0.05, 0) is 6.92 Å². The van der Waals surface area contributed by atoms with E-state index in [2.05, 4.69) is 9.97 Å². The Kier molecular flexibility index (Phi) is 3.36. The van der Waals surface area contributed by atoms with Crippen LogP contribution in [0.3, 0.4) is 0 Å². The maximum Gasteiger partial charge on any atom is 0.306 e. The molecule has 6 heteroatoms. The first-order valence-electron chi connectivity index (χ1n) is 5.88. The van der Waals surface area contributed by atoms with Crippen LogP contribution < -0.4 is 9.64 Å². The van der Waals surface area contributed by atoms with Gasteiger partial charge in [-0.2, -0.15) is 4.98 Å². The smallest absolute Gasteiger partial charge is 0.306 e. The van der Waals surface area contributed by atoms with Crippen LogP contribution in [0.2, 0.25) is 0 Å².